The highest BCUT2D eigenvalue weighted by molar-refractivity contribution is 9.10. The molecule has 0 spiro atoms. The number of hydrogen-bond donors (Lipinski definition) is 1. The lowest BCUT2D eigenvalue weighted by Crippen LogP contribution is -1.98. The first-order valence-corrected chi connectivity index (χ1v) is 6.25. The molecule has 20 heavy (non-hydrogen) atoms. The summed E-state index contributed by atoms with van der Waals surface area (Å²) in [7, 11) is 1.58. The fourth-order valence-electron chi connectivity index (χ4n) is 1.49. The van der Waals surface area contributed by atoms with Crippen molar-refractivity contribution in [2.24, 2.45) is 0 Å². The van der Waals surface area contributed by atoms with Gasteiger partial charge in [-0.25, -0.2) is 4.39 Å². The van der Waals surface area contributed by atoms with Crippen LogP contribution in [0.4, 0.5) is 15.9 Å². The smallest absolute Gasteiger partial charge is 0.278 e. The molecule has 6 nitrogen and oxygen atoms in total. The summed E-state index contributed by atoms with van der Waals surface area (Å²) in [4.78, 5) is 14.3. The molecule has 0 unspecified atom stereocenters. The Bertz CT molecular complexity index is 646. The summed E-state index contributed by atoms with van der Waals surface area (Å²) in [6, 6.07) is 6.40. The number of pyridine rings is 1. The second-order valence-electron chi connectivity index (χ2n) is 3.76. The van der Waals surface area contributed by atoms with E-state index >= 15 is 0 Å². The number of nitro groups is 1. The van der Waals surface area contributed by atoms with Crippen LogP contribution in [0.25, 0.3) is 0 Å². The van der Waals surface area contributed by atoms with Crippen LogP contribution in [-0.4, -0.2) is 17.0 Å². The number of benzene rings is 1. The van der Waals surface area contributed by atoms with Crippen molar-refractivity contribution in [2.45, 2.75) is 0 Å². The molecule has 2 aromatic rings. The quantitative estimate of drug-likeness (QED) is 0.677. The number of anilines is 1. The summed E-state index contributed by atoms with van der Waals surface area (Å²) >= 11 is 3.13. The van der Waals surface area contributed by atoms with Crippen molar-refractivity contribution in [1.29, 1.82) is 0 Å². The van der Waals surface area contributed by atoms with E-state index in [1.807, 2.05) is 0 Å². The highest BCUT2D eigenvalue weighted by Crippen LogP contribution is 2.28. The first-order valence-electron chi connectivity index (χ1n) is 5.46. The fourth-order valence-corrected chi connectivity index (χ4v) is 1.93. The summed E-state index contributed by atoms with van der Waals surface area (Å²) < 4.78 is 19.1. The molecule has 0 aliphatic heterocycles. The van der Waals surface area contributed by atoms with Crippen molar-refractivity contribution in [3.05, 3.63) is 50.7 Å². The van der Waals surface area contributed by atoms with Gasteiger partial charge >= 0.3 is 0 Å². The molecule has 1 aromatic heterocycles. The van der Waals surface area contributed by atoms with Crippen molar-refractivity contribution < 1.29 is 14.1 Å². The Balaban J connectivity index is 2.37. The SMILES string of the molecule is CNc1cc([N+](=O)[O-])cc(Oc2cc(F)cc(Br)c2)n1. The number of halogens is 2. The van der Waals surface area contributed by atoms with Crippen molar-refractivity contribution in [2.75, 3.05) is 12.4 Å². The number of nitrogens with one attached hydrogen (secondary N) is 1. The van der Waals surface area contributed by atoms with Crippen molar-refractivity contribution in [3.63, 3.8) is 0 Å². The number of rotatable bonds is 4. The van der Waals surface area contributed by atoms with Crippen LogP contribution >= 0.6 is 15.9 Å². The molecule has 0 aliphatic rings. The molecule has 1 aromatic carbocycles. The zero-order chi connectivity index (χ0) is 14.7. The maximum atomic E-state index is 13.2. The van der Waals surface area contributed by atoms with Crippen LogP contribution in [0.15, 0.2) is 34.8 Å². The third-order valence-corrected chi connectivity index (χ3v) is 2.77. The van der Waals surface area contributed by atoms with E-state index in [4.69, 9.17) is 4.74 Å². The lowest BCUT2D eigenvalue weighted by Gasteiger charge is -2.07. The number of aromatic nitrogens is 1. The monoisotopic (exact) mass is 341 g/mol. The zero-order valence-electron chi connectivity index (χ0n) is 10.3. The molecule has 0 fully saturated rings. The van der Waals surface area contributed by atoms with Crippen LogP contribution in [0.5, 0.6) is 11.6 Å². The summed E-state index contributed by atoms with van der Waals surface area (Å²) in [5, 5.41) is 13.5. The minimum Gasteiger partial charge on any atom is -0.439 e. The van der Waals surface area contributed by atoms with E-state index in [1.165, 1.54) is 24.3 Å². The topological polar surface area (TPSA) is 77.3 Å². The highest BCUT2D eigenvalue weighted by atomic mass is 79.9. The van der Waals surface area contributed by atoms with Gasteiger partial charge < -0.3 is 10.1 Å². The van der Waals surface area contributed by atoms with Gasteiger partial charge in [0.25, 0.3) is 5.69 Å². The van der Waals surface area contributed by atoms with Gasteiger partial charge in [-0.1, -0.05) is 15.9 Å². The normalized spacial score (nSPS) is 10.2. The lowest BCUT2D eigenvalue weighted by molar-refractivity contribution is -0.384. The van der Waals surface area contributed by atoms with E-state index in [0.29, 0.717) is 4.47 Å². The number of ether oxygens (including phenoxy) is 1. The van der Waals surface area contributed by atoms with Crippen molar-refractivity contribution in [1.82, 2.24) is 4.98 Å². The molecule has 2 rings (SSSR count). The summed E-state index contributed by atoms with van der Waals surface area (Å²) in [5.74, 6) is -0.0220. The maximum absolute atomic E-state index is 13.2. The number of nitrogens with zero attached hydrogens (tertiary/aromatic N) is 2. The average Bonchev–Trinajstić information content (AvgIpc) is 2.36. The van der Waals surface area contributed by atoms with Gasteiger partial charge in [0.2, 0.25) is 5.88 Å². The molecule has 0 atom stereocenters. The second-order valence-corrected chi connectivity index (χ2v) is 4.68. The average molecular weight is 342 g/mol. The second kappa shape index (κ2) is 5.83. The molecule has 0 saturated heterocycles. The van der Waals surface area contributed by atoms with Gasteiger partial charge in [-0.2, -0.15) is 4.98 Å². The van der Waals surface area contributed by atoms with E-state index < -0.39 is 10.7 Å². The van der Waals surface area contributed by atoms with Gasteiger partial charge in [-0.15, -0.1) is 0 Å². The lowest BCUT2D eigenvalue weighted by atomic mass is 10.3. The molecule has 1 heterocycles. The molecule has 1 N–H and O–H groups in total. The highest BCUT2D eigenvalue weighted by Gasteiger charge is 2.12. The Labute approximate surface area is 121 Å². The van der Waals surface area contributed by atoms with Gasteiger partial charge in [-0.05, 0) is 12.1 Å². The molecular formula is C12H9BrFN3O3. The van der Waals surface area contributed by atoms with Gasteiger partial charge in [-0.3, -0.25) is 10.1 Å². The Morgan fingerprint density at radius 3 is 2.70 bits per heavy atom. The molecule has 0 saturated carbocycles. The minimum atomic E-state index is -0.559. The van der Waals surface area contributed by atoms with Gasteiger partial charge in [0.05, 0.1) is 17.1 Å². The third kappa shape index (κ3) is 3.41. The van der Waals surface area contributed by atoms with Crippen LogP contribution in [-0.2, 0) is 0 Å². The van der Waals surface area contributed by atoms with Gasteiger partial charge in [0, 0.05) is 17.6 Å². The van der Waals surface area contributed by atoms with Crippen LogP contribution in [0.2, 0.25) is 0 Å². The van der Waals surface area contributed by atoms with Crippen LogP contribution in [0.3, 0.4) is 0 Å². The molecule has 0 amide bonds. The Kier molecular flexibility index (Phi) is 4.14. The fraction of sp³-hybridized carbons (Fsp3) is 0.0833. The van der Waals surface area contributed by atoms with Crippen LogP contribution in [0.1, 0.15) is 0 Å². The minimum absolute atomic E-state index is 0.000972. The van der Waals surface area contributed by atoms with E-state index in [2.05, 4.69) is 26.2 Å². The summed E-state index contributed by atoms with van der Waals surface area (Å²) in [6.07, 6.45) is 0. The predicted octanol–water partition coefficient (Wildman–Crippen LogP) is 3.73. The first kappa shape index (κ1) is 14.2. The Hall–Kier alpha value is -2.22. The summed E-state index contributed by atoms with van der Waals surface area (Å²) in [6.45, 7) is 0. The standard InChI is InChI=1S/C12H9BrFN3O3/c1-15-11-5-9(17(18)19)6-12(16-11)20-10-3-7(13)2-8(14)4-10/h2-6H,1H3,(H,15,16). The van der Waals surface area contributed by atoms with E-state index in [1.54, 1.807) is 7.05 Å². The van der Waals surface area contributed by atoms with Crippen molar-refractivity contribution >= 4 is 27.4 Å². The van der Waals surface area contributed by atoms with Gasteiger partial charge in [0.15, 0.2) is 0 Å². The van der Waals surface area contributed by atoms with Gasteiger partial charge in [0.1, 0.15) is 17.4 Å². The van der Waals surface area contributed by atoms with E-state index in [-0.39, 0.29) is 23.1 Å². The molecule has 0 radical (unpaired) electrons. The number of hydrogen-bond acceptors (Lipinski definition) is 5. The summed E-state index contributed by atoms with van der Waals surface area (Å²) in [5.41, 5.74) is -0.171. The molecule has 8 heteroatoms. The van der Waals surface area contributed by atoms with Crippen molar-refractivity contribution in [3.8, 4) is 11.6 Å². The van der Waals surface area contributed by atoms with Crippen LogP contribution < -0.4 is 10.1 Å². The molecule has 0 bridgehead atoms. The van der Waals surface area contributed by atoms with E-state index in [9.17, 15) is 14.5 Å². The molecular weight excluding hydrogens is 333 g/mol. The Morgan fingerprint density at radius 1 is 1.35 bits per heavy atom. The third-order valence-electron chi connectivity index (χ3n) is 2.31. The zero-order valence-corrected chi connectivity index (χ0v) is 11.8. The largest absolute Gasteiger partial charge is 0.439 e. The Morgan fingerprint density at radius 2 is 2.10 bits per heavy atom. The molecule has 104 valence electrons. The molecule has 0 aliphatic carbocycles. The first-order chi connectivity index (χ1) is 9.47. The van der Waals surface area contributed by atoms with Crippen LogP contribution in [0, 0.1) is 15.9 Å². The predicted molar refractivity (Wildman–Crippen MR) is 74.6 cm³/mol. The van der Waals surface area contributed by atoms with E-state index in [0.717, 1.165) is 6.07 Å². The maximum Gasteiger partial charge on any atom is 0.278 e.